The molecule has 0 fully saturated rings. The molecule has 0 aromatic heterocycles. The first-order valence-electron chi connectivity index (χ1n) is 7.77. The zero-order valence-electron chi connectivity index (χ0n) is 14.3. The van der Waals surface area contributed by atoms with Gasteiger partial charge in [-0.1, -0.05) is 26.0 Å². The first kappa shape index (κ1) is 18.3. The minimum atomic E-state index is -0.851. The quantitative estimate of drug-likeness (QED) is 0.639. The Balaban J connectivity index is 1.99. The zero-order valence-corrected chi connectivity index (χ0v) is 14.3. The molecule has 0 aliphatic heterocycles. The van der Waals surface area contributed by atoms with E-state index in [0.29, 0.717) is 5.75 Å². The number of carbonyl (C=O) groups is 2. The van der Waals surface area contributed by atoms with E-state index in [0.717, 1.165) is 29.3 Å². The zero-order chi connectivity index (χ0) is 18.6. The molecule has 0 aliphatic rings. The predicted octanol–water partition coefficient (Wildman–Crippen LogP) is 3.29. The van der Waals surface area contributed by atoms with Crippen LogP contribution in [0.3, 0.4) is 0 Å². The number of hydrogen-bond acceptors (Lipinski definition) is 6. The van der Waals surface area contributed by atoms with Crippen LogP contribution in [0.5, 0.6) is 17.2 Å². The summed E-state index contributed by atoms with van der Waals surface area (Å²) in [5.74, 6) is -1.43. The number of ether oxygens (including phenoxy) is 2. The molecule has 0 unspecified atom stereocenters. The Kier molecular flexibility index (Phi) is 5.64. The summed E-state index contributed by atoms with van der Waals surface area (Å²) in [4.78, 5) is 23.8. The number of phenols is 2. The van der Waals surface area contributed by atoms with Gasteiger partial charge in [-0.2, -0.15) is 0 Å². The summed E-state index contributed by atoms with van der Waals surface area (Å²) < 4.78 is 10.1. The molecule has 0 amide bonds. The number of aryl methyl sites for hydroxylation is 1. The Morgan fingerprint density at radius 3 is 2.28 bits per heavy atom. The minimum Gasteiger partial charge on any atom is -0.508 e. The Morgan fingerprint density at radius 1 is 1.04 bits per heavy atom. The second-order valence-electron chi connectivity index (χ2n) is 5.97. The number of rotatable bonds is 5. The van der Waals surface area contributed by atoms with Crippen LogP contribution in [0.25, 0.3) is 0 Å². The second kappa shape index (κ2) is 7.70. The molecule has 2 aromatic rings. The van der Waals surface area contributed by atoms with Gasteiger partial charge in [-0.3, -0.25) is 0 Å². The summed E-state index contributed by atoms with van der Waals surface area (Å²) in [6.07, 6.45) is 0. The molecule has 0 heterocycles. The molecule has 0 bridgehead atoms. The highest BCUT2D eigenvalue weighted by Crippen LogP contribution is 2.24. The van der Waals surface area contributed by atoms with Crippen molar-refractivity contribution in [2.24, 2.45) is 0 Å². The molecule has 2 aromatic carbocycles. The second-order valence-corrected chi connectivity index (χ2v) is 5.97. The average Bonchev–Trinajstić information content (AvgIpc) is 2.53. The van der Waals surface area contributed by atoms with Gasteiger partial charge in [0.1, 0.15) is 17.2 Å². The van der Waals surface area contributed by atoms with E-state index in [4.69, 9.17) is 9.47 Å². The monoisotopic (exact) mass is 344 g/mol. The van der Waals surface area contributed by atoms with Crippen LogP contribution in [0, 0.1) is 6.92 Å². The number of carbonyl (C=O) groups excluding carboxylic acids is 2. The maximum atomic E-state index is 11.9. The molecule has 0 radical (unpaired) electrons. The van der Waals surface area contributed by atoms with E-state index in [9.17, 15) is 19.8 Å². The number of phenolic OH excluding ortho intramolecular Hbond substituents is 2. The molecule has 6 heteroatoms. The van der Waals surface area contributed by atoms with E-state index in [1.165, 1.54) is 0 Å². The van der Waals surface area contributed by atoms with Gasteiger partial charge in [0.15, 0.2) is 6.61 Å². The lowest BCUT2D eigenvalue weighted by molar-refractivity contribution is -0.137. The highest BCUT2D eigenvalue weighted by molar-refractivity contribution is 5.91. The minimum absolute atomic E-state index is 0.0664. The van der Waals surface area contributed by atoms with Crippen LogP contribution in [0.15, 0.2) is 36.4 Å². The molecule has 6 nitrogen and oxygen atoms in total. The van der Waals surface area contributed by atoms with Crippen LogP contribution in [0.2, 0.25) is 0 Å². The summed E-state index contributed by atoms with van der Waals surface area (Å²) in [5.41, 5.74) is 1.76. The highest BCUT2D eigenvalue weighted by Gasteiger charge is 2.15. The molecule has 0 saturated heterocycles. The standard InChI is InChI=1S/C19H20O6/c1-11(2)13-5-4-12(3)17(8-13)25-18(22)10-24-19(23)14-6-15(20)9-16(21)7-14/h4-9,11,20-21H,10H2,1-3H3. The lowest BCUT2D eigenvalue weighted by Crippen LogP contribution is -2.19. The third-order valence-corrected chi connectivity index (χ3v) is 3.56. The van der Waals surface area contributed by atoms with Crippen molar-refractivity contribution < 1.29 is 29.3 Å². The fraction of sp³-hybridized carbons (Fsp3) is 0.263. The fourth-order valence-corrected chi connectivity index (χ4v) is 2.16. The van der Waals surface area contributed by atoms with E-state index in [2.05, 4.69) is 0 Å². The third-order valence-electron chi connectivity index (χ3n) is 3.56. The van der Waals surface area contributed by atoms with Gasteiger partial charge in [-0.05, 0) is 42.2 Å². The van der Waals surface area contributed by atoms with Crippen molar-refractivity contribution in [1.29, 1.82) is 0 Å². The van der Waals surface area contributed by atoms with Gasteiger partial charge < -0.3 is 19.7 Å². The molecular weight excluding hydrogens is 324 g/mol. The third kappa shape index (κ3) is 4.97. The van der Waals surface area contributed by atoms with Crippen molar-refractivity contribution in [3.63, 3.8) is 0 Å². The maximum absolute atomic E-state index is 11.9. The van der Waals surface area contributed by atoms with Crippen LogP contribution in [-0.2, 0) is 9.53 Å². The molecule has 2 rings (SSSR count). The normalized spacial score (nSPS) is 10.6. The van der Waals surface area contributed by atoms with Crippen molar-refractivity contribution in [1.82, 2.24) is 0 Å². The van der Waals surface area contributed by atoms with Crippen LogP contribution in [0.1, 0.15) is 41.3 Å². The SMILES string of the molecule is Cc1ccc(C(C)C)cc1OC(=O)COC(=O)c1cc(O)cc(O)c1. The van der Waals surface area contributed by atoms with Crippen LogP contribution < -0.4 is 4.74 Å². The lowest BCUT2D eigenvalue weighted by Gasteiger charge is -2.12. The summed E-state index contributed by atoms with van der Waals surface area (Å²) >= 11 is 0. The van der Waals surface area contributed by atoms with E-state index >= 15 is 0 Å². The van der Waals surface area contributed by atoms with Gasteiger partial charge in [0.25, 0.3) is 0 Å². The Morgan fingerprint density at radius 2 is 1.68 bits per heavy atom. The Hall–Kier alpha value is -3.02. The largest absolute Gasteiger partial charge is 0.508 e. The van der Waals surface area contributed by atoms with Gasteiger partial charge in [0.05, 0.1) is 5.56 Å². The van der Waals surface area contributed by atoms with Crippen molar-refractivity contribution in [2.75, 3.05) is 6.61 Å². The molecule has 0 spiro atoms. The van der Waals surface area contributed by atoms with Crippen molar-refractivity contribution in [2.45, 2.75) is 26.7 Å². The van der Waals surface area contributed by atoms with Crippen molar-refractivity contribution >= 4 is 11.9 Å². The molecule has 132 valence electrons. The summed E-state index contributed by atoms with van der Waals surface area (Å²) in [6.45, 7) is 5.29. The van der Waals surface area contributed by atoms with E-state index < -0.39 is 18.5 Å². The highest BCUT2D eigenvalue weighted by atomic mass is 16.6. The smallest absolute Gasteiger partial charge is 0.349 e. The van der Waals surface area contributed by atoms with E-state index in [1.54, 1.807) is 6.07 Å². The number of benzene rings is 2. The first-order chi connectivity index (χ1) is 11.8. The predicted molar refractivity (Wildman–Crippen MR) is 91.0 cm³/mol. The molecular formula is C19H20O6. The molecule has 0 aliphatic carbocycles. The topological polar surface area (TPSA) is 93.1 Å². The van der Waals surface area contributed by atoms with Gasteiger partial charge >= 0.3 is 11.9 Å². The van der Waals surface area contributed by atoms with Gasteiger partial charge in [0, 0.05) is 6.07 Å². The average molecular weight is 344 g/mol. The van der Waals surface area contributed by atoms with Crippen molar-refractivity contribution in [3.8, 4) is 17.2 Å². The summed E-state index contributed by atoms with van der Waals surface area (Å²) in [5, 5.41) is 18.7. The Bertz CT molecular complexity index is 774. The molecule has 0 saturated carbocycles. The van der Waals surface area contributed by atoms with Crippen molar-refractivity contribution in [3.05, 3.63) is 53.1 Å². The van der Waals surface area contributed by atoms with Crippen LogP contribution >= 0.6 is 0 Å². The van der Waals surface area contributed by atoms with Gasteiger partial charge in [-0.15, -0.1) is 0 Å². The number of aromatic hydroxyl groups is 2. The van der Waals surface area contributed by atoms with E-state index in [-0.39, 0.29) is 23.0 Å². The number of hydrogen-bond donors (Lipinski definition) is 2. The lowest BCUT2D eigenvalue weighted by atomic mass is 10.0. The van der Waals surface area contributed by atoms with Crippen LogP contribution in [0.4, 0.5) is 0 Å². The van der Waals surface area contributed by atoms with E-state index in [1.807, 2.05) is 32.9 Å². The number of esters is 2. The van der Waals surface area contributed by atoms with Gasteiger partial charge in [-0.25, -0.2) is 9.59 Å². The maximum Gasteiger partial charge on any atom is 0.349 e. The van der Waals surface area contributed by atoms with Crippen LogP contribution in [-0.4, -0.2) is 28.8 Å². The first-order valence-corrected chi connectivity index (χ1v) is 7.77. The molecule has 2 N–H and O–H groups in total. The van der Waals surface area contributed by atoms with Gasteiger partial charge in [0.2, 0.25) is 0 Å². The molecule has 0 atom stereocenters. The Labute approximate surface area is 145 Å². The molecule has 25 heavy (non-hydrogen) atoms. The summed E-state index contributed by atoms with van der Waals surface area (Å²) in [6, 6.07) is 8.95. The fourth-order valence-electron chi connectivity index (χ4n) is 2.16. The summed E-state index contributed by atoms with van der Waals surface area (Å²) in [7, 11) is 0.